The molecule has 0 fully saturated rings. The third kappa shape index (κ3) is 2.61. The molecule has 0 bridgehead atoms. The van der Waals surface area contributed by atoms with Crippen molar-refractivity contribution in [3.8, 4) is 11.4 Å². The van der Waals surface area contributed by atoms with Gasteiger partial charge in [0.25, 0.3) is 0 Å². The van der Waals surface area contributed by atoms with Crippen LogP contribution in [0.2, 0.25) is 5.02 Å². The summed E-state index contributed by atoms with van der Waals surface area (Å²) < 4.78 is 8.24. The number of benzene rings is 2. The fourth-order valence-corrected chi connectivity index (χ4v) is 6.06. The molecule has 2 aliphatic rings. The molecule has 0 radical (unpaired) electrons. The zero-order chi connectivity index (χ0) is 18.8. The summed E-state index contributed by atoms with van der Waals surface area (Å²) in [5, 5.41) is 6.88. The van der Waals surface area contributed by atoms with E-state index in [0.717, 1.165) is 28.8 Å². The normalized spacial score (nSPS) is 22.4. The highest BCUT2D eigenvalue weighted by Crippen LogP contribution is 2.58. The van der Waals surface area contributed by atoms with Gasteiger partial charge in [-0.3, -0.25) is 0 Å². The number of halogens is 1. The number of ether oxygens (including phenoxy) is 1. The van der Waals surface area contributed by atoms with E-state index < -0.39 is 0 Å². The quantitative estimate of drug-likeness (QED) is 0.515. The summed E-state index contributed by atoms with van der Waals surface area (Å²) in [6, 6.07) is 16.4. The van der Waals surface area contributed by atoms with Crippen LogP contribution in [0.1, 0.15) is 36.6 Å². The molecule has 5 heteroatoms. The van der Waals surface area contributed by atoms with Crippen LogP contribution >= 0.6 is 23.4 Å². The van der Waals surface area contributed by atoms with Crippen molar-refractivity contribution in [2.45, 2.75) is 36.5 Å². The maximum atomic E-state index is 6.25. The van der Waals surface area contributed by atoms with Gasteiger partial charge in [0.2, 0.25) is 0 Å². The molecule has 1 aromatic heterocycles. The fourth-order valence-electron chi connectivity index (χ4n) is 4.40. The van der Waals surface area contributed by atoms with Gasteiger partial charge in [-0.1, -0.05) is 47.6 Å². The average molecular weight is 397 g/mol. The molecule has 0 amide bonds. The van der Waals surface area contributed by atoms with E-state index in [2.05, 4.69) is 49.7 Å². The van der Waals surface area contributed by atoms with Crippen LogP contribution in [0, 0.1) is 12.8 Å². The van der Waals surface area contributed by atoms with Crippen molar-refractivity contribution in [2.24, 2.45) is 5.92 Å². The summed E-state index contributed by atoms with van der Waals surface area (Å²) in [5.41, 5.74) is 4.70. The maximum absolute atomic E-state index is 6.25. The van der Waals surface area contributed by atoms with Gasteiger partial charge in [0.15, 0.2) is 0 Å². The lowest BCUT2D eigenvalue weighted by Crippen LogP contribution is -2.43. The molecule has 0 spiro atoms. The zero-order valence-corrected chi connectivity index (χ0v) is 17.1. The van der Waals surface area contributed by atoms with Crippen molar-refractivity contribution in [3.05, 3.63) is 70.4 Å². The predicted octanol–water partition coefficient (Wildman–Crippen LogP) is 5.86. The van der Waals surface area contributed by atoms with Crippen molar-refractivity contribution in [2.75, 3.05) is 6.61 Å². The smallest absolute Gasteiger partial charge is 0.123 e. The van der Waals surface area contributed by atoms with E-state index in [-0.39, 0.29) is 4.75 Å². The van der Waals surface area contributed by atoms with E-state index in [1.807, 2.05) is 36.0 Å². The van der Waals surface area contributed by atoms with Crippen LogP contribution in [-0.4, -0.2) is 21.1 Å². The molecule has 2 aliphatic heterocycles. The second-order valence-corrected chi connectivity index (χ2v) is 9.91. The zero-order valence-electron chi connectivity index (χ0n) is 15.6. The first-order valence-electron chi connectivity index (χ1n) is 9.22. The number of aryl methyl sites for hydroxylation is 1. The molecule has 27 heavy (non-hydrogen) atoms. The van der Waals surface area contributed by atoms with Gasteiger partial charge in [-0.25, -0.2) is 4.68 Å². The second kappa shape index (κ2) is 6.05. The summed E-state index contributed by atoms with van der Waals surface area (Å²) in [7, 11) is 0. The molecule has 0 aliphatic carbocycles. The topological polar surface area (TPSA) is 27.1 Å². The van der Waals surface area contributed by atoms with E-state index in [9.17, 15) is 0 Å². The monoisotopic (exact) mass is 396 g/mol. The van der Waals surface area contributed by atoms with Crippen molar-refractivity contribution in [1.29, 1.82) is 0 Å². The molecule has 0 unspecified atom stereocenters. The van der Waals surface area contributed by atoms with Gasteiger partial charge < -0.3 is 4.74 Å². The van der Waals surface area contributed by atoms with Crippen LogP contribution in [0.25, 0.3) is 5.69 Å². The Balaban J connectivity index is 1.76. The number of thioether (sulfide) groups is 1. The molecule has 5 rings (SSSR count). The highest BCUT2D eigenvalue weighted by molar-refractivity contribution is 8.00. The van der Waals surface area contributed by atoms with Crippen LogP contribution in [0.15, 0.2) is 53.6 Å². The Morgan fingerprint density at radius 2 is 2.00 bits per heavy atom. The van der Waals surface area contributed by atoms with Crippen LogP contribution in [0.5, 0.6) is 5.75 Å². The highest BCUT2D eigenvalue weighted by atomic mass is 35.5. The van der Waals surface area contributed by atoms with Gasteiger partial charge in [-0.05, 0) is 45.0 Å². The van der Waals surface area contributed by atoms with E-state index in [1.165, 1.54) is 16.2 Å². The number of aromatic nitrogens is 2. The van der Waals surface area contributed by atoms with Crippen LogP contribution in [0.3, 0.4) is 0 Å². The summed E-state index contributed by atoms with van der Waals surface area (Å²) >= 11 is 8.15. The molecular weight excluding hydrogens is 376 g/mol. The molecule has 138 valence electrons. The Morgan fingerprint density at radius 3 is 2.81 bits per heavy atom. The largest absolute Gasteiger partial charge is 0.493 e. The van der Waals surface area contributed by atoms with Crippen LogP contribution < -0.4 is 4.74 Å². The molecule has 0 saturated carbocycles. The summed E-state index contributed by atoms with van der Waals surface area (Å²) in [6.07, 6.45) is 0. The highest BCUT2D eigenvalue weighted by Gasteiger charge is 2.49. The van der Waals surface area contributed by atoms with Crippen molar-refractivity contribution in [3.63, 3.8) is 0 Å². The van der Waals surface area contributed by atoms with E-state index in [4.69, 9.17) is 21.4 Å². The SMILES string of the molecule is Cc1nn(-c2cccc(Cl)c2)c2c1[C@H]1c3ccccc3OC[C@H]1C(C)(C)S2. The summed E-state index contributed by atoms with van der Waals surface area (Å²) in [5.74, 6) is 1.71. The minimum atomic E-state index is 0.0357. The van der Waals surface area contributed by atoms with E-state index in [1.54, 1.807) is 0 Å². The lowest BCUT2D eigenvalue weighted by molar-refractivity contribution is 0.176. The number of fused-ring (bicyclic) bond motifs is 5. The molecule has 3 aromatic rings. The molecule has 2 atom stereocenters. The molecule has 0 N–H and O–H groups in total. The van der Waals surface area contributed by atoms with Gasteiger partial charge >= 0.3 is 0 Å². The maximum Gasteiger partial charge on any atom is 0.123 e. The Kier molecular flexibility index (Phi) is 3.85. The number of para-hydroxylation sites is 1. The van der Waals surface area contributed by atoms with Crippen LogP contribution in [0.4, 0.5) is 0 Å². The summed E-state index contributed by atoms with van der Waals surface area (Å²) in [4.78, 5) is 0. The molecule has 3 nitrogen and oxygen atoms in total. The molecule has 0 saturated heterocycles. The number of hydrogen-bond donors (Lipinski definition) is 0. The lowest BCUT2D eigenvalue weighted by Gasteiger charge is -2.46. The van der Waals surface area contributed by atoms with Gasteiger partial charge in [-0.15, -0.1) is 0 Å². The number of rotatable bonds is 1. The third-order valence-corrected chi connectivity index (χ3v) is 7.40. The molecule has 2 aromatic carbocycles. The first-order valence-corrected chi connectivity index (χ1v) is 10.4. The number of hydrogen-bond acceptors (Lipinski definition) is 3. The third-order valence-electron chi connectivity index (χ3n) is 5.75. The molecule has 3 heterocycles. The average Bonchev–Trinajstić information content (AvgIpc) is 2.96. The first-order chi connectivity index (χ1) is 13.0. The van der Waals surface area contributed by atoms with Gasteiger partial charge in [0.1, 0.15) is 10.8 Å². The summed E-state index contributed by atoms with van der Waals surface area (Å²) in [6.45, 7) is 7.50. The van der Waals surface area contributed by atoms with Crippen LogP contribution in [-0.2, 0) is 0 Å². The van der Waals surface area contributed by atoms with Crippen molar-refractivity contribution >= 4 is 23.4 Å². The minimum Gasteiger partial charge on any atom is -0.493 e. The van der Waals surface area contributed by atoms with Gasteiger partial charge in [0, 0.05) is 32.7 Å². The standard InChI is InChI=1S/C22H21ClN2OS/c1-13-19-20-16-9-4-5-10-18(16)26-12-17(20)22(2,3)27-21(19)25(24-13)15-8-6-7-14(23)11-15/h4-11,17,20H,12H2,1-3H3/t17-,20+/m1/s1. The van der Waals surface area contributed by atoms with Gasteiger partial charge in [0.05, 0.1) is 18.0 Å². The van der Waals surface area contributed by atoms with Crippen molar-refractivity contribution < 1.29 is 4.74 Å². The minimum absolute atomic E-state index is 0.0357. The lowest BCUT2D eigenvalue weighted by atomic mass is 9.73. The Labute approximate surface area is 168 Å². The Bertz CT molecular complexity index is 1040. The second-order valence-electron chi connectivity index (χ2n) is 7.83. The van der Waals surface area contributed by atoms with Crippen molar-refractivity contribution in [1.82, 2.24) is 9.78 Å². The number of nitrogens with zero attached hydrogens (tertiary/aromatic N) is 2. The Morgan fingerprint density at radius 1 is 1.19 bits per heavy atom. The first kappa shape index (κ1) is 17.2. The predicted molar refractivity (Wildman–Crippen MR) is 111 cm³/mol. The fraction of sp³-hybridized carbons (Fsp3) is 0.318. The molecular formula is C22H21ClN2OS. The van der Waals surface area contributed by atoms with Gasteiger partial charge in [-0.2, -0.15) is 5.10 Å². The van der Waals surface area contributed by atoms with E-state index in [0.29, 0.717) is 11.8 Å². The Hall–Kier alpha value is -1.91. The van der Waals surface area contributed by atoms with E-state index >= 15 is 0 Å².